The highest BCUT2D eigenvalue weighted by Crippen LogP contribution is 2.68. The fourth-order valence-corrected chi connectivity index (χ4v) is 10.2. The minimum absolute atomic E-state index is 0.0452. The Labute approximate surface area is 250 Å². The number of phenolic OH excluding ortho intramolecular Hbond substituents is 1. The molecule has 4 saturated carbocycles. The number of aliphatic hydroxyl groups is 3. The molecule has 1 amide bonds. The van der Waals surface area contributed by atoms with Crippen molar-refractivity contribution in [3.63, 3.8) is 0 Å². The zero-order valence-corrected chi connectivity index (χ0v) is 25.7. The molecule has 4 aliphatic rings. The fraction of sp³-hybridized carbons (Fsp3) is 0.765. The van der Waals surface area contributed by atoms with Gasteiger partial charge in [0.1, 0.15) is 11.8 Å². The Bertz CT molecular complexity index is 1130. The van der Waals surface area contributed by atoms with Gasteiger partial charge in [-0.2, -0.15) is 0 Å². The number of amides is 1. The third kappa shape index (κ3) is 5.59. The van der Waals surface area contributed by atoms with E-state index in [-0.39, 0.29) is 71.0 Å². The van der Waals surface area contributed by atoms with Crippen LogP contribution in [0.2, 0.25) is 0 Å². The smallest absolute Gasteiger partial charge is 0.328 e. The van der Waals surface area contributed by atoms with Crippen molar-refractivity contribution < 1.29 is 34.8 Å². The van der Waals surface area contributed by atoms with E-state index in [1.807, 2.05) is 0 Å². The zero-order chi connectivity index (χ0) is 30.4. The molecule has 8 heteroatoms. The molecule has 12 atom stereocenters. The summed E-state index contributed by atoms with van der Waals surface area (Å²) in [6, 6.07) is 5.73. The number of phenols is 1. The van der Waals surface area contributed by atoms with Gasteiger partial charge in [-0.1, -0.05) is 32.9 Å². The summed E-state index contributed by atoms with van der Waals surface area (Å²) in [4.78, 5) is 25.5. The number of hydrogen-bond acceptors (Lipinski definition) is 7. The van der Waals surface area contributed by atoms with Crippen LogP contribution in [-0.4, -0.2) is 63.8 Å². The van der Waals surface area contributed by atoms with E-state index in [0.29, 0.717) is 18.8 Å². The van der Waals surface area contributed by atoms with Gasteiger partial charge < -0.3 is 30.5 Å². The van der Waals surface area contributed by atoms with Gasteiger partial charge in [0.25, 0.3) is 0 Å². The van der Waals surface area contributed by atoms with E-state index in [4.69, 9.17) is 4.74 Å². The van der Waals surface area contributed by atoms with Crippen molar-refractivity contribution in [2.24, 2.45) is 46.3 Å². The van der Waals surface area contributed by atoms with Gasteiger partial charge in [0, 0.05) is 12.8 Å². The maximum Gasteiger partial charge on any atom is 0.328 e. The Balaban J connectivity index is 1.23. The number of aliphatic hydroxyl groups excluding tert-OH is 3. The predicted molar refractivity (Wildman–Crippen MR) is 158 cm³/mol. The molecule has 1 aromatic rings. The first-order valence-electron chi connectivity index (χ1n) is 16.1. The van der Waals surface area contributed by atoms with E-state index in [1.54, 1.807) is 24.3 Å². The van der Waals surface area contributed by atoms with Gasteiger partial charge in [-0.15, -0.1) is 0 Å². The van der Waals surface area contributed by atoms with E-state index in [0.717, 1.165) is 44.1 Å². The lowest BCUT2D eigenvalue weighted by Crippen LogP contribution is -2.62. The number of fused-ring (bicyclic) bond motifs is 5. The van der Waals surface area contributed by atoms with Crippen LogP contribution in [0.15, 0.2) is 24.3 Å². The average Bonchev–Trinajstić information content (AvgIpc) is 3.32. The molecule has 0 aromatic heterocycles. The fourth-order valence-electron chi connectivity index (χ4n) is 10.2. The molecule has 0 spiro atoms. The number of hydrogen-bond donors (Lipinski definition) is 5. The third-order valence-electron chi connectivity index (χ3n) is 12.5. The van der Waals surface area contributed by atoms with Gasteiger partial charge >= 0.3 is 5.97 Å². The summed E-state index contributed by atoms with van der Waals surface area (Å²) in [6.07, 6.45) is 5.94. The van der Waals surface area contributed by atoms with E-state index in [9.17, 15) is 30.0 Å². The van der Waals surface area contributed by atoms with Crippen LogP contribution >= 0.6 is 0 Å². The number of methoxy groups -OCH3 is 1. The summed E-state index contributed by atoms with van der Waals surface area (Å²) in [7, 11) is 1.30. The van der Waals surface area contributed by atoms with Crippen molar-refractivity contribution in [3.8, 4) is 5.75 Å². The number of carbonyl (C=O) groups excluding carboxylic acids is 2. The quantitative estimate of drug-likeness (QED) is 0.291. The molecule has 5 rings (SSSR count). The van der Waals surface area contributed by atoms with Crippen LogP contribution in [0, 0.1) is 46.3 Å². The van der Waals surface area contributed by atoms with Crippen molar-refractivity contribution in [1.82, 2.24) is 5.32 Å². The second-order valence-corrected chi connectivity index (χ2v) is 14.6. The number of ether oxygens (including phenoxy) is 1. The van der Waals surface area contributed by atoms with Crippen LogP contribution in [-0.2, 0) is 20.7 Å². The van der Waals surface area contributed by atoms with Crippen molar-refractivity contribution in [2.75, 3.05) is 7.11 Å². The van der Waals surface area contributed by atoms with Crippen molar-refractivity contribution in [1.29, 1.82) is 0 Å². The molecule has 42 heavy (non-hydrogen) atoms. The first-order chi connectivity index (χ1) is 19.9. The topological polar surface area (TPSA) is 136 Å². The average molecular weight is 586 g/mol. The minimum atomic E-state index is -0.813. The maximum absolute atomic E-state index is 13.0. The van der Waals surface area contributed by atoms with Crippen LogP contribution in [0.5, 0.6) is 5.75 Å². The van der Waals surface area contributed by atoms with Gasteiger partial charge in [-0.3, -0.25) is 4.79 Å². The van der Waals surface area contributed by atoms with Crippen LogP contribution in [0.4, 0.5) is 0 Å². The molecule has 5 N–H and O–H groups in total. The molecule has 0 radical (unpaired) electrons. The van der Waals surface area contributed by atoms with E-state index < -0.39 is 24.2 Å². The highest BCUT2D eigenvalue weighted by atomic mass is 16.5. The van der Waals surface area contributed by atoms with Crippen LogP contribution in [0.3, 0.4) is 0 Å². The Hall–Kier alpha value is -2.16. The number of benzene rings is 1. The first kappa shape index (κ1) is 31.3. The van der Waals surface area contributed by atoms with E-state index >= 15 is 0 Å². The van der Waals surface area contributed by atoms with Crippen molar-refractivity contribution in [3.05, 3.63) is 29.8 Å². The van der Waals surface area contributed by atoms with Gasteiger partial charge in [-0.25, -0.2) is 4.79 Å². The molecule has 0 aliphatic heterocycles. The molecule has 1 aromatic carbocycles. The van der Waals surface area contributed by atoms with E-state index in [2.05, 4.69) is 26.1 Å². The number of esters is 1. The predicted octanol–water partition coefficient (Wildman–Crippen LogP) is 3.97. The molecule has 4 fully saturated rings. The largest absolute Gasteiger partial charge is 0.508 e. The van der Waals surface area contributed by atoms with Crippen molar-refractivity contribution in [2.45, 2.75) is 109 Å². The van der Waals surface area contributed by atoms with E-state index in [1.165, 1.54) is 7.11 Å². The first-order valence-corrected chi connectivity index (χ1v) is 16.1. The maximum atomic E-state index is 13.0. The van der Waals surface area contributed by atoms with Crippen LogP contribution in [0.25, 0.3) is 0 Å². The highest BCUT2D eigenvalue weighted by Gasteiger charge is 2.65. The molecule has 0 heterocycles. The molecule has 0 bridgehead atoms. The summed E-state index contributed by atoms with van der Waals surface area (Å²) >= 11 is 0. The molecule has 234 valence electrons. The Kier molecular flexibility index (Phi) is 9.00. The molecular formula is C34H51NO7. The lowest BCUT2D eigenvalue weighted by atomic mass is 9.43. The number of nitrogens with one attached hydrogen (secondary N) is 1. The molecule has 8 nitrogen and oxygen atoms in total. The Morgan fingerprint density at radius 2 is 1.74 bits per heavy atom. The summed E-state index contributed by atoms with van der Waals surface area (Å²) < 4.78 is 4.93. The molecular weight excluding hydrogens is 534 g/mol. The van der Waals surface area contributed by atoms with Gasteiger partial charge in [0.15, 0.2) is 0 Å². The van der Waals surface area contributed by atoms with Gasteiger partial charge in [0.05, 0.1) is 25.4 Å². The van der Waals surface area contributed by atoms with Gasteiger partial charge in [-0.05, 0) is 115 Å². The second-order valence-electron chi connectivity index (χ2n) is 14.6. The number of rotatable bonds is 8. The SMILES string of the molecule is COC(=O)[C@H](Cc1ccc(O)cc1)NC(=O)CC[C@@H](C)[C@H]1CC[C@H]2[C@@H]3[C@H](O)C[C@@H]4C[C@H](O)CC[C@]4(C)[C@H]3C[C@H](O)[C@]12C. The number of carbonyl (C=O) groups is 2. The zero-order valence-electron chi connectivity index (χ0n) is 25.7. The van der Waals surface area contributed by atoms with Crippen LogP contribution < -0.4 is 5.32 Å². The normalized spacial score (nSPS) is 40.6. The van der Waals surface area contributed by atoms with Crippen molar-refractivity contribution >= 4 is 11.9 Å². The summed E-state index contributed by atoms with van der Waals surface area (Å²) in [5.74, 6) is 0.813. The lowest BCUT2D eigenvalue weighted by Gasteiger charge is -2.63. The summed E-state index contributed by atoms with van der Waals surface area (Å²) in [6.45, 7) is 6.75. The van der Waals surface area contributed by atoms with Gasteiger partial charge in [0.2, 0.25) is 5.91 Å². The summed E-state index contributed by atoms with van der Waals surface area (Å²) in [5, 5.41) is 46.0. The summed E-state index contributed by atoms with van der Waals surface area (Å²) in [5.41, 5.74) is 0.535. The Morgan fingerprint density at radius 1 is 1.02 bits per heavy atom. The molecule has 0 saturated heterocycles. The molecule has 0 unspecified atom stereocenters. The Morgan fingerprint density at radius 3 is 2.43 bits per heavy atom. The third-order valence-corrected chi connectivity index (χ3v) is 12.5. The second kappa shape index (κ2) is 12.1. The monoisotopic (exact) mass is 585 g/mol. The lowest BCUT2D eigenvalue weighted by molar-refractivity contribution is -0.207. The number of aromatic hydroxyl groups is 1. The highest BCUT2D eigenvalue weighted by molar-refractivity contribution is 5.84. The minimum Gasteiger partial charge on any atom is -0.508 e. The van der Waals surface area contributed by atoms with Crippen LogP contribution in [0.1, 0.15) is 84.1 Å². The standard InChI is InChI=1S/C34H51NO7/c1-19(5-12-30(40)35-27(32(41)42-4)15-20-6-8-22(36)9-7-20)24-10-11-25-31-26(18-29(39)34(24,25)3)33(2)14-13-23(37)16-21(33)17-28(31)38/h6-9,19,21,23-29,31,36-39H,5,10-18H2,1-4H3,(H,35,40)/t19-,21+,23-,24-,25+,26+,27+,28-,29+,31+,33+,34-/m1/s1. The molecule has 4 aliphatic carbocycles.